The van der Waals surface area contributed by atoms with Crippen LogP contribution < -0.4 is 10.2 Å². The predicted octanol–water partition coefficient (Wildman–Crippen LogP) is 4.81. The van der Waals surface area contributed by atoms with Crippen LogP contribution in [0.4, 0.5) is 15.8 Å². The van der Waals surface area contributed by atoms with Gasteiger partial charge in [-0.3, -0.25) is 0 Å². The lowest BCUT2D eigenvalue weighted by atomic mass is 10.2. The van der Waals surface area contributed by atoms with E-state index >= 15 is 0 Å². The highest BCUT2D eigenvalue weighted by Gasteiger charge is 2.04. The molecule has 0 aliphatic rings. The van der Waals surface area contributed by atoms with Crippen molar-refractivity contribution in [1.82, 2.24) is 0 Å². The summed E-state index contributed by atoms with van der Waals surface area (Å²) in [5, 5.41) is 4.25. The van der Waals surface area contributed by atoms with Crippen molar-refractivity contribution in [2.75, 3.05) is 24.3 Å². The molecular weight excluding hydrogens is 298 g/mol. The third-order valence-corrected chi connectivity index (χ3v) is 3.37. The van der Waals surface area contributed by atoms with Crippen LogP contribution in [0, 0.1) is 5.82 Å². The van der Waals surface area contributed by atoms with Gasteiger partial charge in [0.15, 0.2) is 0 Å². The van der Waals surface area contributed by atoms with E-state index in [2.05, 4.69) is 5.32 Å². The molecule has 0 aliphatic heterocycles. The zero-order valence-corrected chi connectivity index (χ0v) is 12.8. The SMILES string of the molecule is CN(C)c1ccc(NCc2cc(F)cc(Cl)c2)cc1Cl. The molecule has 0 saturated carbocycles. The molecule has 2 rings (SSSR count). The number of hydrogen-bond acceptors (Lipinski definition) is 2. The first kappa shape index (κ1) is 14.9. The number of hydrogen-bond donors (Lipinski definition) is 1. The molecule has 2 aromatic rings. The maximum absolute atomic E-state index is 13.2. The largest absolute Gasteiger partial charge is 0.381 e. The quantitative estimate of drug-likeness (QED) is 0.871. The van der Waals surface area contributed by atoms with Crippen LogP contribution in [-0.4, -0.2) is 14.1 Å². The molecule has 20 heavy (non-hydrogen) atoms. The standard InChI is InChI=1S/C15H15Cl2FN2/c1-20(2)15-4-3-13(8-14(15)17)19-9-10-5-11(16)7-12(18)6-10/h3-8,19H,9H2,1-2H3. The highest BCUT2D eigenvalue weighted by molar-refractivity contribution is 6.33. The van der Waals surface area contributed by atoms with Crippen molar-refractivity contribution in [2.45, 2.75) is 6.54 Å². The Bertz CT molecular complexity index is 595. The van der Waals surface area contributed by atoms with E-state index in [9.17, 15) is 4.39 Å². The van der Waals surface area contributed by atoms with Gasteiger partial charge in [0.1, 0.15) is 5.82 Å². The Morgan fingerprint density at radius 3 is 2.45 bits per heavy atom. The van der Waals surface area contributed by atoms with E-state index in [1.807, 2.05) is 37.2 Å². The molecule has 0 radical (unpaired) electrons. The summed E-state index contributed by atoms with van der Waals surface area (Å²) in [6.07, 6.45) is 0. The lowest BCUT2D eigenvalue weighted by Crippen LogP contribution is -2.09. The molecule has 0 aromatic heterocycles. The van der Waals surface area contributed by atoms with Gasteiger partial charge in [0.05, 0.1) is 10.7 Å². The fourth-order valence-electron chi connectivity index (χ4n) is 1.90. The monoisotopic (exact) mass is 312 g/mol. The summed E-state index contributed by atoms with van der Waals surface area (Å²) < 4.78 is 13.2. The lowest BCUT2D eigenvalue weighted by molar-refractivity contribution is 0.626. The van der Waals surface area contributed by atoms with Crippen LogP contribution in [0.5, 0.6) is 0 Å². The summed E-state index contributed by atoms with van der Waals surface area (Å²) in [6.45, 7) is 0.481. The maximum atomic E-state index is 13.2. The third kappa shape index (κ3) is 3.78. The average molecular weight is 313 g/mol. The minimum absolute atomic E-state index is 0.338. The van der Waals surface area contributed by atoms with Crippen molar-refractivity contribution in [3.63, 3.8) is 0 Å². The normalized spacial score (nSPS) is 10.4. The van der Waals surface area contributed by atoms with E-state index in [4.69, 9.17) is 23.2 Å². The molecule has 0 bridgehead atoms. The maximum Gasteiger partial charge on any atom is 0.125 e. The Balaban J connectivity index is 2.09. The molecule has 0 atom stereocenters. The van der Waals surface area contributed by atoms with Crippen LogP contribution in [0.2, 0.25) is 10.0 Å². The Kier molecular flexibility index (Phi) is 4.73. The van der Waals surface area contributed by atoms with E-state index in [1.165, 1.54) is 12.1 Å². The Labute approximate surface area is 128 Å². The van der Waals surface area contributed by atoms with Gasteiger partial charge >= 0.3 is 0 Å². The zero-order chi connectivity index (χ0) is 14.7. The second-order valence-corrected chi connectivity index (χ2v) is 5.54. The van der Waals surface area contributed by atoms with Crippen molar-refractivity contribution in [3.8, 4) is 0 Å². The second-order valence-electron chi connectivity index (χ2n) is 4.69. The number of benzene rings is 2. The summed E-state index contributed by atoms with van der Waals surface area (Å²) in [5.41, 5.74) is 2.61. The fraction of sp³-hybridized carbons (Fsp3) is 0.200. The minimum Gasteiger partial charge on any atom is -0.381 e. The molecule has 2 aromatic carbocycles. The highest BCUT2D eigenvalue weighted by Crippen LogP contribution is 2.27. The molecule has 0 aliphatic carbocycles. The van der Waals surface area contributed by atoms with Crippen LogP contribution in [-0.2, 0) is 6.54 Å². The van der Waals surface area contributed by atoms with E-state index in [-0.39, 0.29) is 5.82 Å². The molecule has 0 fully saturated rings. The fourth-order valence-corrected chi connectivity index (χ4v) is 2.49. The van der Waals surface area contributed by atoms with Gasteiger partial charge in [-0.15, -0.1) is 0 Å². The molecule has 0 heterocycles. The molecule has 1 N–H and O–H groups in total. The van der Waals surface area contributed by atoms with Crippen LogP contribution in [0.1, 0.15) is 5.56 Å². The average Bonchev–Trinajstić information content (AvgIpc) is 2.35. The summed E-state index contributed by atoms with van der Waals surface area (Å²) in [5.74, 6) is -0.338. The molecular formula is C15H15Cl2FN2. The molecule has 0 saturated heterocycles. The topological polar surface area (TPSA) is 15.3 Å². The van der Waals surface area contributed by atoms with Gasteiger partial charge in [0.2, 0.25) is 0 Å². The molecule has 2 nitrogen and oxygen atoms in total. The van der Waals surface area contributed by atoms with Crippen molar-refractivity contribution < 1.29 is 4.39 Å². The summed E-state index contributed by atoms with van der Waals surface area (Å²) in [4.78, 5) is 1.94. The lowest BCUT2D eigenvalue weighted by Gasteiger charge is -2.15. The van der Waals surface area contributed by atoms with Gasteiger partial charge < -0.3 is 10.2 Å². The number of anilines is 2. The van der Waals surface area contributed by atoms with Crippen molar-refractivity contribution in [2.24, 2.45) is 0 Å². The first-order chi connectivity index (χ1) is 9.45. The molecule has 0 unspecified atom stereocenters. The first-order valence-electron chi connectivity index (χ1n) is 6.11. The van der Waals surface area contributed by atoms with E-state index in [0.29, 0.717) is 16.6 Å². The van der Waals surface area contributed by atoms with E-state index in [1.54, 1.807) is 6.07 Å². The molecule has 106 valence electrons. The van der Waals surface area contributed by atoms with Crippen LogP contribution >= 0.6 is 23.2 Å². The van der Waals surface area contributed by atoms with Crippen LogP contribution in [0.3, 0.4) is 0 Å². The van der Waals surface area contributed by atoms with Crippen molar-refractivity contribution in [3.05, 3.63) is 57.8 Å². The third-order valence-electron chi connectivity index (χ3n) is 2.85. The second kappa shape index (κ2) is 6.33. The van der Waals surface area contributed by atoms with E-state index in [0.717, 1.165) is 16.9 Å². The molecule has 0 amide bonds. The Morgan fingerprint density at radius 1 is 1.10 bits per heavy atom. The van der Waals surface area contributed by atoms with Crippen molar-refractivity contribution in [1.29, 1.82) is 0 Å². The highest BCUT2D eigenvalue weighted by atomic mass is 35.5. The van der Waals surface area contributed by atoms with Gasteiger partial charge in [-0.1, -0.05) is 23.2 Å². The van der Waals surface area contributed by atoms with Gasteiger partial charge in [-0.2, -0.15) is 0 Å². The number of rotatable bonds is 4. The van der Waals surface area contributed by atoms with Gasteiger partial charge in [-0.05, 0) is 42.0 Å². The van der Waals surface area contributed by atoms with Gasteiger partial charge in [0.25, 0.3) is 0 Å². The molecule has 5 heteroatoms. The molecule has 0 spiro atoms. The van der Waals surface area contributed by atoms with E-state index < -0.39 is 0 Å². The van der Waals surface area contributed by atoms with Crippen LogP contribution in [0.15, 0.2) is 36.4 Å². The van der Waals surface area contributed by atoms with Crippen LogP contribution in [0.25, 0.3) is 0 Å². The van der Waals surface area contributed by atoms with Crippen molar-refractivity contribution >= 4 is 34.6 Å². The summed E-state index contributed by atoms with van der Waals surface area (Å²) in [7, 11) is 3.87. The number of nitrogens with one attached hydrogen (secondary N) is 1. The number of nitrogens with zero attached hydrogens (tertiary/aromatic N) is 1. The van der Waals surface area contributed by atoms with Gasteiger partial charge in [0, 0.05) is 31.4 Å². The predicted molar refractivity (Wildman–Crippen MR) is 84.5 cm³/mol. The summed E-state index contributed by atoms with van der Waals surface area (Å²) in [6, 6.07) is 10.2. The minimum atomic E-state index is -0.338. The number of halogens is 3. The Morgan fingerprint density at radius 2 is 1.85 bits per heavy atom. The first-order valence-corrected chi connectivity index (χ1v) is 6.87. The smallest absolute Gasteiger partial charge is 0.125 e. The van der Waals surface area contributed by atoms with Gasteiger partial charge in [-0.25, -0.2) is 4.39 Å². The zero-order valence-electron chi connectivity index (χ0n) is 11.3. The Hall–Kier alpha value is -1.45. The summed E-state index contributed by atoms with van der Waals surface area (Å²) >= 11 is 12.0.